The van der Waals surface area contributed by atoms with E-state index in [2.05, 4.69) is 48.9 Å². The average molecular weight is 198 g/mol. The van der Waals surface area contributed by atoms with E-state index in [9.17, 15) is 0 Å². The van der Waals surface area contributed by atoms with Gasteiger partial charge in [0, 0.05) is 0 Å². The van der Waals surface area contributed by atoms with E-state index < -0.39 is 8.07 Å². The third kappa shape index (κ3) is 1.81. The highest BCUT2D eigenvalue weighted by Gasteiger charge is 2.26. The molecule has 0 radical (unpaired) electrons. The van der Waals surface area contributed by atoms with Crippen LogP contribution in [0.2, 0.25) is 19.1 Å². The van der Waals surface area contributed by atoms with E-state index in [0.717, 1.165) is 0 Å². The minimum absolute atomic E-state index is 1.17. The summed E-state index contributed by atoms with van der Waals surface area (Å²) in [5.41, 5.74) is 7.96. The van der Waals surface area contributed by atoms with Crippen LogP contribution < -0.4 is 0 Å². The second-order valence-corrected chi connectivity index (χ2v) is 9.00. The Balaban J connectivity index is 2.17. The Kier molecular flexibility index (Phi) is 2.31. The molecule has 0 aromatic rings. The lowest BCUT2D eigenvalue weighted by Gasteiger charge is -2.21. The second kappa shape index (κ2) is 3.47. The first-order chi connectivity index (χ1) is 6.68. The molecule has 2 rings (SSSR count). The lowest BCUT2D eigenvalue weighted by molar-refractivity contribution is 1.43. The largest absolute Gasteiger partial charge is 0.122 e. The zero-order chi connectivity index (χ0) is 10.0. The molecule has 0 aromatic carbocycles. The Hall–Kier alpha value is -1.26. The fourth-order valence-corrected chi connectivity index (χ4v) is 4.18. The van der Waals surface area contributed by atoms with E-state index in [-0.39, 0.29) is 0 Å². The smallest absolute Gasteiger partial charge is 0.0955 e. The summed E-state index contributed by atoms with van der Waals surface area (Å²) >= 11 is 0. The van der Waals surface area contributed by atoms with Gasteiger partial charge < -0.3 is 0 Å². The van der Waals surface area contributed by atoms with E-state index in [1.54, 1.807) is 0 Å². The fraction of sp³-hybridized carbons (Fsp3) is 0.231. The van der Waals surface area contributed by atoms with Crippen LogP contribution in [0.5, 0.6) is 0 Å². The maximum atomic E-state index is 3.34. The molecule has 0 N–H and O–H groups in total. The van der Waals surface area contributed by atoms with Crippen LogP contribution in [-0.2, 0) is 0 Å². The molecule has 0 aliphatic heterocycles. The van der Waals surface area contributed by atoms with Crippen LogP contribution in [0.1, 0.15) is 0 Å². The molecule has 0 saturated carbocycles. The van der Waals surface area contributed by atoms with Gasteiger partial charge in [0.2, 0.25) is 0 Å². The van der Waals surface area contributed by atoms with Gasteiger partial charge in [0.05, 0.1) is 8.07 Å². The molecule has 0 unspecified atom stereocenters. The predicted octanol–water partition coefficient (Wildman–Crippen LogP) is 3.54. The van der Waals surface area contributed by atoms with Crippen LogP contribution in [0.15, 0.2) is 58.7 Å². The summed E-state index contributed by atoms with van der Waals surface area (Å²) in [6, 6.07) is 1.17. The molecular formula is C13H14Si. The highest BCUT2D eigenvalue weighted by Crippen LogP contribution is 2.27. The third-order valence-electron chi connectivity index (χ3n) is 2.62. The Morgan fingerprint density at radius 1 is 1.07 bits per heavy atom. The number of allylic oxidation sites excluding steroid dienone is 6. The molecule has 14 heavy (non-hydrogen) atoms. The summed E-state index contributed by atoms with van der Waals surface area (Å²) in [6.07, 6.45) is 12.5. The monoisotopic (exact) mass is 198 g/mol. The van der Waals surface area contributed by atoms with Crippen LogP contribution in [0, 0.1) is 0 Å². The molecule has 0 heterocycles. The van der Waals surface area contributed by atoms with Gasteiger partial charge in [0.1, 0.15) is 0 Å². The van der Waals surface area contributed by atoms with E-state index in [1.807, 2.05) is 12.2 Å². The quantitative estimate of drug-likeness (QED) is 0.480. The lowest BCUT2D eigenvalue weighted by Crippen LogP contribution is -2.27. The summed E-state index contributed by atoms with van der Waals surface area (Å²) in [5, 5.41) is 1.42. The van der Waals surface area contributed by atoms with Gasteiger partial charge in [-0.1, -0.05) is 37.4 Å². The molecule has 2 aliphatic carbocycles. The topological polar surface area (TPSA) is 0 Å². The summed E-state index contributed by atoms with van der Waals surface area (Å²) < 4.78 is 0. The van der Waals surface area contributed by atoms with Gasteiger partial charge in [-0.15, -0.1) is 11.5 Å². The molecule has 0 spiro atoms. The highest BCUT2D eigenvalue weighted by molar-refractivity contribution is 6.85. The van der Waals surface area contributed by atoms with Crippen LogP contribution >= 0.6 is 0 Å². The van der Waals surface area contributed by atoms with Gasteiger partial charge in [0.25, 0.3) is 0 Å². The van der Waals surface area contributed by atoms with Crippen molar-refractivity contribution in [2.24, 2.45) is 0 Å². The predicted molar refractivity (Wildman–Crippen MR) is 63.8 cm³/mol. The normalized spacial score (nSPS) is 17.9. The van der Waals surface area contributed by atoms with Gasteiger partial charge in [0.15, 0.2) is 0 Å². The fourth-order valence-electron chi connectivity index (χ4n) is 1.80. The molecule has 0 nitrogen and oxygen atoms in total. The molecule has 0 saturated heterocycles. The van der Waals surface area contributed by atoms with Crippen molar-refractivity contribution in [3.63, 3.8) is 0 Å². The number of hydrogen-bond donors (Lipinski definition) is 0. The minimum atomic E-state index is -1.32. The van der Waals surface area contributed by atoms with E-state index >= 15 is 0 Å². The number of hydrogen-bond acceptors (Lipinski definition) is 0. The molecule has 0 amide bonds. The van der Waals surface area contributed by atoms with Crippen molar-refractivity contribution in [2.45, 2.75) is 19.1 Å². The minimum Gasteiger partial charge on any atom is -0.122 e. The molecular weight excluding hydrogens is 184 g/mol. The zero-order valence-corrected chi connectivity index (χ0v) is 9.67. The van der Waals surface area contributed by atoms with Crippen LogP contribution in [0.25, 0.3) is 0 Å². The molecule has 2 aliphatic rings. The van der Waals surface area contributed by atoms with Gasteiger partial charge >= 0.3 is 0 Å². The first-order valence-electron chi connectivity index (χ1n) is 4.95. The van der Waals surface area contributed by atoms with E-state index in [0.29, 0.717) is 0 Å². The van der Waals surface area contributed by atoms with Crippen LogP contribution in [0.4, 0.5) is 0 Å². The van der Waals surface area contributed by atoms with Crippen molar-refractivity contribution in [1.29, 1.82) is 0 Å². The standard InChI is InChI=1S/C13H14Si/c1-14(2,13-9-5-6-10-13)11-12-7-3-4-8-12/h3-7,9H,11H2,1-2H3. The van der Waals surface area contributed by atoms with Crippen molar-refractivity contribution in [3.05, 3.63) is 58.7 Å². The third-order valence-corrected chi connectivity index (χ3v) is 5.66. The zero-order valence-electron chi connectivity index (χ0n) is 8.67. The van der Waals surface area contributed by atoms with Crippen molar-refractivity contribution >= 4 is 8.07 Å². The van der Waals surface area contributed by atoms with Gasteiger partial charge in [-0.05, 0) is 29.0 Å². The lowest BCUT2D eigenvalue weighted by atomic mass is 10.3. The molecule has 0 aromatic heterocycles. The average Bonchev–Trinajstić information content (AvgIpc) is 2.71. The molecule has 1 heteroatoms. The van der Waals surface area contributed by atoms with Gasteiger partial charge in [-0.2, -0.15) is 0 Å². The van der Waals surface area contributed by atoms with Gasteiger partial charge in [-0.3, -0.25) is 0 Å². The Bertz CT molecular complexity index is 432. The molecule has 70 valence electrons. The molecule has 0 atom stereocenters. The number of rotatable bonds is 3. The van der Waals surface area contributed by atoms with Crippen LogP contribution in [-0.4, -0.2) is 8.07 Å². The van der Waals surface area contributed by atoms with Gasteiger partial charge in [-0.25, -0.2) is 0 Å². The van der Waals surface area contributed by atoms with Crippen molar-refractivity contribution in [2.75, 3.05) is 0 Å². The summed E-state index contributed by atoms with van der Waals surface area (Å²) in [5.74, 6) is 0. The van der Waals surface area contributed by atoms with Crippen molar-refractivity contribution in [1.82, 2.24) is 0 Å². The first kappa shape index (κ1) is 9.30. The van der Waals surface area contributed by atoms with E-state index in [4.69, 9.17) is 0 Å². The van der Waals surface area contributed by atoms with Crippen molar-refractivity contribution < 1.29 is 0 Å². The second-order valence-electron chi connectivity index (χ2n) is 4.34. The van der Waals surface area contributed by atoms with Crippen molar-refractivity contribution in [3.8, 4) is 0 Å². The Labute approximate surface area is 86.4 Å². The first-order valence-corrected chi connectivity index (χ1v) is 8.15. The van der Waals surface area contributed by atoms with Crippen LogP contribution in [0.3, 0.4) is 0 Å². The Morgan fingerprint density at radius 3 is 2.36 bits per heavy atom. The summed E-state index contributed by atoms with van der Waals surface area (Å²) in [7, 11) is -1.32. The molecule has 0 bridgehead atoms. The maximum absolute atomic E-state index is 3.34. The highest BCUT2D eigenvalue weighted by atomic mass is 28.3. The van der Waals surface area contributed by atoms with E-state index in [1.165, 1.54) is 16.8 Å². The summed E-state index contributed by atoms with van der Waals surface area (Å²) in [6.45, 7) is 4.78. The SMILES string of the molecule is C[Si](C)(CC1=C=CC=C1)C1=C=CC=C1. The molecule has 0 fully saturated rings. The Morgan fingerprint density at radius 2 is 1.79 bits per heavy atom. The maximum Gasteiger partial charge on any atom is 0.0955 e. The summed E-state index contributed by atoms with van der Waals surface area (Å²) in [4.78, 5) is 0.